The van der Waals surface area contributed by atoms with Crippen molar-refractivity contribution in [2.75, 3.05) is 32.1 Å². The number of thiazole rings is 1. The van der Waals surface area contributed by atoms with Crippen molar-refractivity contribution < 1.29 is 4.74 Å². The van der Waals surface area contributed by atoms with Gasteiger partial charge in [-0.05, 0) is 18.6 Å². The van der Waals surface area contributed by atoms with Gasteiger partial charge in [-0.1, -0.05) is 6.07 Å². The number of benzene rings is 1. The highest BCUT2D eigenvalue weighted by molar-refractivity contribution is 7.11. The molecule has 0 fully saturated rings. The van der Waals surface area contributed by atoms with Crippen molar-refractivity contribution in [1.82, 2.24) is 10.3 Å². The number of ether oxygens (including phenoxy) is 1. The van der Waals surface area contributed by atoms with Gasteiger partial charge in [-0.25, -0.2) is 4.98 Å². The molecule has 0 aliphatic carbocycles. The topological polar surface area (TPSA) is 37.4 Å². The molecule has 0 spiro atoms. The molecule has 2 aromatic rings. The molecule has 1 aliphatic rings. The zero-order valence-corrected chi connectivity index (χ0v) is 14.1. The quantitative estimate of drug-likeness (QED) is 0.831. The summed E-state index contributed by atoms with van der Waals surface area (Å²) in [5.74, 6) is 0.939. The van der Waals surface area contributed by atoms with E-state index in [0.717, 1.165) is 50.4 Å². The summed E-state index contributed by atoms with van der Waals surface area (Å²) in [4.78, 5) is 8.25. The normalized spacial score (nSPS) is 13.7. The van der Waals surface area contributed by atoms with Crippen molar-refractivity contribution in [3.8, 4) is 5.75 Å². The highest BCUT2D eigenvalue weighted by Crippen LogP contribution is 2.23. The first kappa shape index (κ1) is 15.3. The number of nitrogens with one attached hydrogen (secondary N) is 1. The lowest BCUT2D eigenvalue weighted by molar-refractivity contribution is 0.311. The molecule has 2 heterocycles. The highest BCUT2D eigenvalue weighted by Gasteiger charge is 2.14. The van der Waals surface area contributed by atoms with Gasteiger partial charge in [0, 0.05) is 56.7 Å². The number of hydrogen-bond donors (Lipinski definition) is 1. The van der Waals surface area contributed by atoms with Gasteiger partial charge in [0.15, 0.2) is 0 Å². The molecule has 0 amide bonds. The number of rotatable bonds is 6. The SMILES string of the molecule is CN(C)c1cccc(OCCCc2nc3c(s2)CNCC3)c1. The van der Waals surface area contributed by atoms with Gasteiger partial charge >= 0.3 is 0 Å². The summed E-state index contributed by atoms with van der Waals surface area (Å²) < 4.78 is 5.86. The Morgan fingerprint density at radius 1 is 1.36 bits per heavy atom. The molecule has 3 rings (SSSR count). The fraction of sp³-hybridized carbons (Fsp3) is 0.471. The summed E-state index contributed by atoms with van der Waals surface area (Å²) in [7, 11) is 4.08. The van der Waals surface area contributed by atoms with Gasteiger partial charge in [0.1, 0.15) is 5.75 Å². The number of nitrogens with zero attached hydrogens (tertiary/aromatic N) is 2. The molecular weight excluding hydrogens is 294 g/mol. The van der Waals surface area contributed by atoms with Crippen LogP contribution < -0.4 is 15.0 Å². The monoisotopic (exact) mass is 317 g/mol. The summed E-state index contributed by atoms with van der Waals surface area (Å²) in [5, 5.41) is 4.65. The van der Waals surface area contributed by atoms with Crippen molar-refractivity contribution in [3.63, 3.8) is 0 Å². The van der Waals surface area contributed by atoms with Crippen molar-refractivity contribution in [1.29, 1.82) is 0 Å². The minimum absolute atomic E-state index is 0.735. The lowest BCUT2D eigenvalue weighted by Gasteiger charge is -2.13. The third-order valence-electron chi connectivity index (χ3n) is 3.78. The number of fused-ring (bicyclic) bond motifs is 1. The van der Waals surface area contributed by atoms with Crippen LogP contribution in [0.1, 0.15) is 22.0 Å². The molecule has 22 heavy (non-hydrogen) atoms. The standard InChI is InChI=1S/C17H23N3OS/c1-20(2)13-5-3-6-14(11-13)21-10-4-7-17-19-15-8-9-18-12-16(15)22-17/h3,5-6,11,18H,4,7-10,12H2,1-2H3. The maximum absolute atomic E-state index is 5.86. The molecule has 118 valence electrons. The molecule has 0 saturated carbocycles. The number of hydrogen-bond acceptors (Lipinski definition) is 5. The Morgan fingerprint density at radius 2 is 2.27 bits per heavy atom. The van der Waals surface area contributed by atoms with Crippen LogP contribution in [0.5, 0.6) is 5.75 Å². The van der Waals surface area contributed by atoms with E-state index in [1.807, 2.05) is 37.6 Å². The van der Waals surface area contributed by atoms with E-state index in [1.54, 1.807) is 0 Å². The molecule has 0 bridgehead atoms. The van der Waals surface area contributed by atoms with Crippen LogP contribution in [0.2, 0.25) is 0 Å². The van der Waals surface area contributed by atoms with Crippen LogP contribution in [0.15, 0.2) is 24.3 Å². The average Bonchev–Trinajstić information content (AvgIpc) is 2.94. The summed E-state index contributed by atoms with van der Waals surface area (Å²) in [5.41, 5.74) is 2.47. The Bertz CT molecular complexity index is 601. The van der Waals surface area contributed by atoms with Gasteiger partial charge < -0.3 is 15.0 Å². The van der Waals surface area contributed by atoms with Crippen molar-refractivity contribution in [2.45, 2.75) is 25.8 Å². The molecule has 1 aliphatic heterocycles. The molecule has 1 N–H and O–H groups in total. The zero-order valence-electron chi connectivity index (χ0n) is 13.3. The summed E-state index contributed by atoms with van der Waals surface area (Å²) >= 11 is 1.85. The summed E-state index contributed by atoms with van der Waals surface area (Å²) in [6.07, 6.45) is 3.08. The van der Waals surface area contributed by atoms with Gasteiger partial charge in [-0.2, -0.15) is 0 Å². The van der Waals surface area contributed by atoms with Crippen LogP contribution >= 0.6 is 11.3 Å². The largest absolute Gasteiger partial charge is 0.494 e. The van der Waals surface area contributed by atoms with E-state index in [-0.39, 0.29) is 0 Å². The van der Waals surface area contributed by atoms with Gasteiger partial charge in [-0.3, -0.25) is 0 Å². The van der Waals surface area contributed by atoms with Gasteiger partial charge in [0.25, 0.3) is 0 Å². The molecule has 5 heteroatoms. The zero-order chi connectivity index (χ0) is 15.4. The number of aryl methyl sites for hydroxylation is 1. The first-order valence-corrected chi connectivity index (χ1v) is 8.62. The first-order valence-electron chi connectivity index (χ1n) is 7.81. The molecule has 0 unspecified atom stereocenters. The number of anilines is 1. The van der Waals surface area contributed by atoms with Crippen LogP contribution in [-0.4, -0.2) is 32.2 Å². The lowest BCUT2D eigenvalue weighted by Crippen LogP contribution is -2.22. The minimum atomic E-state index is 0.735. The Labute approximate surface area is 136 Å². The second-order valence-corrected chi connectivity index (χ2v) is 6.92. The van der Waals surface area contributed by atoms with E-state index < -0.39 is 0 Å². The molecule has 1 aromatic carbocycles. The summed E-state index contributed by atoms with van der Waals surface area (Å²) in [6.45, 7) is 2.78. The van der Waals surface area contributed by atoms with Crippen molar-refractivity contribution >= 4 is 17.0 Å². The van der Waals surface area contributed by atoms with Crippen LogP contribution in [0.4, 0.5) is 5.69 Å². The molecule has 0 atom stereocenters. The van der Waals surface area contributed by atoms with E-state index in [0.29, 0.717) is 0 Å². The first-order chi connectivity index (χ1) is 10.7. The smallest absolute Gasteiger partial charge is 0.121 e. The lowest BCUT2D eigenvalue weighted by atomic mass is 10.2. The molecule has 0 saturated heterocycles. The van der Waals surface area contributed by atoms with Gasteiger partial charge in [-0.15, -0.1) is 11.3 Å². The maximum atomic E-state index is 5.86. The molecule has 4 nitrogen and oxygen atoms in total. The second kappa shape index (κ2) is 7.11. The predicted molar refractivity (Wildman–Crippen MR) is 92.1 cm³/mol. The Morgan fingerprint density at radius 3 is 3.09 bits per heavy atom. The van der Waals surface area contributed by atoms with E-state index in [4.69, 9.17) is 9.72 Å². The molecule has 1 aromatic heterocycles. The van der Waals surface area contributed by atoms with Crippen LogP contribution in [0.3, 0.4) is 0 Å². The molecular formula is C17H23N3OS. The summed E-state index contributed by atoms with van der Waals surface area (Å²) in [6, 6.07) is 8.21. The van der Waals surface area contributed by atoms with E-state index >= 15 is 0 Å². The number of aromatic nitrogens is 1. The third kappa shape index (κ3) is 3.78. The minimum Gasteiger partial charge on any atom is -0.494 e. The highest BCUT2D eigenvalue weighted by atomic mass is 32.1. The third-order valence-corrected chi connectivity index (χ3v) is 4.94. The fourth-order valence-electron chi connectivity index (χ4n) is 2.55. The van der Waals surface area contributed by atoms with Gasteiger partial charge in [0.05, 0.1) is 17.3 Å². The van der Waals surface area contributed by atoms with E-state index in [1.165, 1.54) is 15.6 Å². The Balaban J connectivity index is 1.47. The van der Waals surface area contributed by atoms with Gasteiger partial charge in [0.2, 0.25) is 0 Å². The Kier molecular flexibility index (Phi) is 4.95. The predicted octanol–water partition coefficient (Wildman–Crippen LogP) is 2.87. The maximum Gasteiger partial charge on any atom is 0.121 e. The molecule has 0 radical (unpaired) electrons. The van der Waals surface area contributed by atoms with Crippen LogP contribution in [-0.2, 0) is 19.4 Å². The van der Waals surface area contributed by atoms with Crippen LogP contribution in [0.25, 0.3) is 0 Å². The van der Waals surface area contributed by atoms with E-state index in [9.17, 15) is 0 Å². The second-order valence-electron chi connectivity index (χ2n) is 5.75. The van der Waals surface area contributed by atoms with Crippen LogP contribution in [0, 0.1) is 0 Å². The fourth-order valence-corrected chi connectivity index (χ4v) is 3.68. The Hall–Kier alpha value is -1.59. The average molecular weight is 317 g/mol. The van der Waals surface area contributed by atoms with E-state index in [2.05, 4.69) is 22.3 Å². The van der Waals surface area contributed by atoms with Crippen molar-refractivity contribution in [3.05, 3.63) is 39.8 Å². The van der Waals surface area contributed by atoms with Crippen molar-refractivity contribution in [2.24, 2.45) is 0 Å².